The van der Waals surface area contributed by atoms with Crippen molar-refractivity contribution in [2.24, 2.45) is 5.92 Å². The fourth-order valence-corrected chi connectivity index (χ4v) is 4.76. The summed E-state index contributed by atoms with van der Waals surface area (Å²) in [5.41, 5.74) is 0.502. The van der Waals surface area contributed by atoms with Gasteiger partial charge in [-0.2, -0.15) is 0 Å². The molecule has 0 radical (unpaired) electrons. The van der Waals surface area contributed by atoms with Crippen LogP contribution in [0.1, 0.15) is 56.0 Å². The summed E-state index contributed by atoms with van der Waals surface area (Å²) in [4.78, 5) is 26.3. The van der Waals surface area contributed by atoms with Gasteiger partial charge in [-0.25, -0.2) is 13.2 Å². The van der Waals surface area contributed by atoms with Crippen molar-refractivity contribution >= 4 is 17.5 Å². The van der Waals surface area contributed by atoms with E-state index >= 15 is 0 Å². The van der Waals surface area contributed by atoms with Gasteiger partial charge in [0, 0.05) is 18.2 Å². The second-order valence-electron chi connectivity index (χ2n) is 9.85. The highest BCUT2D eigenvalue weighted by Crippen LogP contribution is 2.28. The number of benzene rings is 2. The van der Waals surface area contributed by atoms with Crippen molar-refractivity contribution in [3.63, 3.8) is 0 Å². The summed E-state index contributed by atoms with van der Waals surface area (Å²) in [6.45, 7) is 1.89. The molecule has 0 bridgehead atoms. The molecule has 2 atom stereocenters. The van der Waals surface area contributed by atoms with Gasteiger partial charge in [0.1, 0.15) is 29.3 Å². The summed E-state index contributed by atoms with van der Waals surface area (Å²) in [5.74, 6) is -1.84. The fourth-order valence-electron chi connectivity index (χ4n) is 4.76. The molecule has 0 spiro atoms. The lowest BCUT2D eigenvalue weighted by Gasteiger charge is -2.27. The molecule has 4 rings (SSSR count). The highest BCUT2D eigenvalue weighted by Gasteiger charge is 2.28. The molecule has 0 unspecified atom stereocenters. The zero-order valence-corrected chi connectivity index (χ0v) is 21.2. The summed E-state index contributed by atoms with van der Waals surface area (Å²) in [6, 6.07) is 10.8. The third kappa shape index (κ3) is 7.40. The van der Waals surface area contributed by atoms with Gasteiger partial charge < -0.3 is 20.4 Å². The molecule has 38 heavy (non-hydrogen) atoms. The Kier molecular flexibility index (Phi) is 9.10. The van der Waals surface area contributed by atoms with Crippen LogP contribution in [0.15, 0.2) is 59.0 Å². The molecule has 0 saturated heterocycles. The maximum atomic E-state index is 13.9. The zero-order valence-electron chi connectivity index (χ0n) is 21.2. The van der Waals surface area contributed by atoms with Crippen LogP contribution in [0.25, 0.3) is 11.3 Å². The number of hydrogen-bond acceptors (Lipinski definition) is 4. The van der Waals surface area contributed by atoms with Crippen LogP contribution in [-0.4, -0.2) is 30.4 Å². The number of halogens is 3. The first-order valence-electron chi connectivity index (χ1n) is 12.9. The first-order valence-corrected chi connectivity index (χ1v) is 12.9. The van der Waals surface area contributed by atoms with Crippen LogP contribution in [0, 0.1) is 23.4 Å². The van der Waals surface area contributed by atoms with Crippen LogP contribution in [0.2, 0.25) is 0 Å². The van der Waals surface area contributed by atoms with E-state index in [0.717, 1.165) is 50.3 Å². The average molecular weight is 528 g/mol. The van der Waals surface area contributed by atoms with E-state index in [-0.39, 0.29) is 23.9 Å². The topological polar surface area (TPSA) is 83.4 Å². The lowest BCUT2D eigenvalue weighted by Crippen LogP contribution is -2.51. The van der Waals surface area contributed by atoms with Crippen molar-refractivity contribution in [3.8, 4) is 11.3 Å². The van der Waals surface area contributed by atoms with E-state index in [2.05, 4.69) is 16.0 Å². The normalized spacial score (nSPS) is 15.5. The van der Waals surface area contributed by atoms with Crippen LogP contribution in [0.5, 0.6) is 0 Å². The highest BCUT2D eigenvalue weighted by atomic mass is 19.1. The number of hydrogen-bond donors (Lipinski definition) is 3. The summed E-state index contributed by atoms with van der Waals surface area (Å²) in [7, 11) is 0. The molecule has 1 fully saturated rings. The van der Waals surface area contributed by atoms with Crippen LogP contribution in [0.3, 0.4) is 0 Å². The number of rotatable bonds is 10. The molecule has 1 aliphatic rings. The Balaban J connectivity index is 1.41. The minimum atomic E-state index is -0.804. The number of amides is 2. The smallest absolute Gasteiger partial charge is 0.287 e. The van der Waals surface area contributed by atoms with E-state index in [9.17, 15) is 22.8 Å². The molecule has 202 valence electrons. The number of anilines is 1. The molecule has 1 heterocycles. The number of carbonyl (C=O) groups excluding carboxylic acids is 2. The maximum absolute atomic E-state index is 13.9. The largest absolute Gasteiger partial charge is 0.451 e. The van der Waals surface area contributed by atoms with Crippen molar-refractivity contribution in [2.45, 2.75) is 57.5 Å². The van der Waals surface area contributed by atoms with Crippen molar-refractivity contribution in [1.29, 1.82) is 0 Å². The summed E-state index contributed by atoms with van der Waals surface area (Å²) in [6.07, 6.45) is 5.78. The number of nitrogens with one attached hydrogen (secondary N) is 3. The molecular formula is C29H32F3N3O3. The third-order valence-corrected chi connectivity index (χ3v) is 6.77. The molecule has 3 aromatic rings. The molecule has 1 saturated carbocycles. The van der Waals surface area contributed by atoms with Gasteiger partial charge in [-0.3, -0.25) is 9.59 Å². The molecule has 1 aromatic heterocycles. The van der Waals surface area contributed by atoms with Crippen LogP contribution >= 0.6 is 0 Å². The summed E-state index contributed by atoms with van der Waals surface area (Å²) >= 11 is 0. The van der Waals surface area contributed by atoms with Gasteiger partial charge in [0.05, 0.1) is 5.69 Å². The maximum Gasteiger partial charge on any atom is 0.287 e. The van der Waals surface area contributed by atoms with Crippen molar-refractivity contribution < 1.29 is 27.2 Å². The lowest BCUT2D eigenvalue weighted by atomic mass is 9.84. The SMILES string of the molecule is C[C@@H](CNc1cc(F)ccc1F)NC(=O)[C@H](CC1CCCCC1)NC(=O)c1ccc(-c2cccc(F)c2)o1. The Morgan fingerprint density at radius 1 is 0.947 bits per heavy atom. The second-order valence-corrected chi connectivity index (χ2v) is 9.85. The molecule has 2 aromatic carbocycles. The van der Waals surface area contributed by atoms with E-state index in [4.69, 9.17) is 4.42 Å². The Labute approximate surface area is 220 Å². The first-order chi connectivity index (χ1) is 18.3. The fraction of sp³-hybridized carbons (Fsp3) is 0.379. The molecule has 3 N–H and O–H groups in total. The first kappa shape index (κ1) is 27.3. The van der Waals surface area contributed by atoms with Gasteiger partial charge >= 0.3 is 0 Å². The van der Waals surface area contributed by atoms with Gasteiger partial charge in [0.15, 0.2) is 5.76 Å². The highest BCUT2D eigenvalue weighted by molar-refractivity contribution is 5.96. The summed E-state index contributed by atoms with van der Waals surface area (Å²) in [5, 5.41) is 8.48. The molecule has 6 nitrogen and oxygen atoms in total. The minimum Gasteiger partial charge on any atom is -0.451 e. The van der Waals surface area contributed by atoms with E-state index in [1.54, 1.807) is 25.1 Å². The molecule has 2 amide bonds. The Hall–Kier alpha value is -3.75. The van der Waals surface area contributed by atoms with E-state index in [1.165, 1.54) is 18.2 Å². The Morgan fingerprint density at radius 2 is 1.71 bits per heavy atom. The van der Waals surface area contributed by atoms with Gasteiger partial charge in [-0.05, 0) is 61.7 Å². The molecule has 9 heteroatoms. The minimum absolute atomic E-state index is 0.00470. The predicted molar refractivity (Wildman–Crippen MR) is 139 cm³/mol. The second kappa shape index (κ2) is 12.7. The molecule has 1 aliphatic carbocycles. The Morgan fingerprint density at radius 3 is 2.47 bits per heavy atom. The standard InChI is InChI=1S/C29H32F3N3O3/c1-18(17-33-24-16-22(31)10-11-23(24)32)34-28(36)25(14-19-6-3-2-4-7-19)35-29(37)27-13-12-26(38-27)20-8-5-9-21(30)15-20/h5,8-13,15-16,18-19,25,33H,2-4,6-7,14,17H2,1H3,(H,34,36)(H,35,37)/t18-,25-/m0/s1. The quantitative estimate of drug-likeness (QED) is 0.300. The number of carbonyl (C=O) groups is 2. The van der Waals surface area contributed by atoms with E-state index in [0.29, 0.717) is 23.7 Å². The van der Waals surface area contributed by atoms with Gasteiger partial charge in [0.25, 0.3) is 5.91 Å². The van der Waals surface area contributed by atoms with E-state index < -0.39 is 35.4 Å². The summed E-state index contributed by atoms with van der Waals surface area (Å²) < 4.78 is 46.6. The van der Waals surface area contributed by atoms with Crippen LogP contribution in [0.4, 0.5) is 18.9 Å². The Bertz CT molecular complexity index is 1260. The van der Waals surface area contributed by atoms with Crippen molar-refractivity contribution in [1.82, 2.24) is 10.6 Å². The van der Waals surface area contributed by atoms with E-state index in [1.807, 2.05) is 0 Å². The monoisotopic (exact) mass is 527 g/mol. The van der Waals surface area contributed by atoms with Crippen molar-refractivity contribution in [3.05, 3.63) is 77.8 Å². The predicted octanol–water partition coefficient (Wildman–Crippen LogP) is 6.05. The van der Waals surface area contributed by atoms with Gasteiger partial charge in [0.2, 0.25) is 5.91 Å². The van der Waals surface area contributed by atoms with Gasteiger partial charge in [-0.1, -0.05) is 44.2 Å². The molecule has 0 aliphatic heterocycles. The van der Waals surface area contributed by atoms with Gasteiger partial charge in [-0.15, -0.1) is 0 Å². The zero-order chi connectivity index (χ0) is 27.1. The molecular weight excluding hydrogens is 495 g/mol. The average Bonchev–Trinajstić information content (AvgIpc) is 3.40. The number of furan rings is 1. The van der Waals surface area contributed by atoms with Crippen LogP contribution < -0.4 is 16.0 Å². The van der Waals surface area contributed by atoms with Crippen molar-refractivity contribution in [2.75, 3.05) is 11.9 Å². The third-order valence-electron chi connectivity index (χ3n) is 6.77. The van der Waals surface area contributed by atoms with Crippen LogP contribution in [-0.2, 0) is 4.79 Å². The lowest BCUT2D eigenvalue weighted by molar-refractivity contribution is -0.124.